The molecule has 0 bridgehead atoms. The van der Waals surface area contributed by atoms with Crippen LogP contribution in [0.4, 0.5) is 10.1 Å². The Morgan fingerprint density at radius 3 is 2.55 bits per heavy atom. The van der Waals surface area contributed by atoms with Crippen molar-refractivity contribution in [3.8, 4) is 5.75 Å². The molecule has 2 aliphatic heterocycles. The summed E-state index contributed by atoms with van der Waals surface area (Å²) >= 11 is 0. The molecule has 0 atom stereocenters. The number of nitrogens with zero attached hydrogens (tertiary/aromatic N) is 2. The van der Waals surface area contributed by atoms with Crippen molar-refractivity contribution in [2.45, 2.75) is 0 Å². The molecule has 2 heterocycles. The van der Waals surface area contributed by atoms with Gasteiger partial charge in [0.1, 0.15) is 17.1 Å². The van der Waals surface area contributed by atoms with Crippen LogP contribution in [0.3, 0.4) is 0 Å². The number of ether oxygens (including phenoxy) is 2. The van der Waals surface area contributed by atoms with Crippen LogP contribution in [0.25, 0.3) is 6.08 Å². The maximum Gasteiger partial charge on any atom is 0.282 e. The average Bonchev–Trinajstić information content (AvgIpc) is 3.07. The molecule has 0 unspecified atom stereocenters. The molecule has 8 nitrogen and oxygen atoms in total. The molecule has 160 valence electrons. The third-order valence-corrected chi connectivity index (χ3v) is 4.91. The van der Waals surface area contributed by atoms with E-state index in [1.165, 1.54) is 30.3 Å². The quantitative estimate of drug-likeness (QED) is 0.580. The fraction of sp³-hybridized carbons (Fsp3) is 0.227. The minimum atomic E-state index is -0.589. The molecule has 1 N–H and O–H groups in total. The molecule has 0 radical (unpaired) electrons. The van der Waals surface area contributed by atoms with Gasteiger partial charge in [0.25, 0.3) is 17.7 Å². The minimum absolute atomic E-state index is 0.0973. The molecular formula is C22H20FN3O5. The zero-order chi connectivity index (χ0) is 21.8. The van der Waals surface area contributed by atoms with E-state index in [1.807, 2.05) is 0 Å². The number of morpholine rings is 1. The molecule has 0 aromatic heterocycles. The van der Waals surface area contributed by atoms with E-state index in [-0.39, 0.29) is 18.1 Å². The van der Waals surface area contributed by atoms with Crippen LogP contribution in [-0.4, -0.2) is 55.5 Å². The van der Waals surface area contributed by atoms with Crippen molar-refractivity contribution in [1.82, 2.24) is 10.3 Å². The lowest BCUT2D eigenvalue weighted by atomic mass is 10.1. The number of para-hydroxylation sites is 1. The molecule has 0 spiro atoms. The van der Waals surface area contributed by atoms with Gasteiger partial charge in [0.2, 0.25) is 0 Å². The first-order chi connectivity index (χ1) is 15.0. The molecule has 0 aliphatic carbocycles. The Hall–Kier alpha value is -3.72. The van der Waals surface area contributed by atoms with E-state index in [1.54, 1.807) is 29.2 Å². The van der Waals surface area contributed by atoms with Gasteiger partial charge in [-0.25, -0.2) is 9.40 Å². The summed E-state index contributed by atoms with van der Waals surface area (Å²) in [5.74, 6) is -1.40. The van der Waals surface area contributed by atoms with Crippen LogP contribution in [0.1, 0.15) is 5.56 Å². The highest BCUT2D eigenvalue weighted by molar-refractivity contribution is 6.31. The molecular weight excluding hydrogens is 405 g/mol. The van der Waals surface area contributed by atoms with Crippen molar-refractivity contribution in [2.24, 2.45) is 0 Å². The number of hydrogen-bond acceptors (Lipinski definition) is 5. The molecule has 2 aromatic rings. The molecule has 3 amide bonds. The highest BCUT2D eigenvalue weighted by Gasteiger charge is 2.34. The molecule has 2 saturated heterocycles. The first-order valence-electron chi connectivity index (χ1n) is 9.73. The average molecular weight is 425 g/mol. The van der Waals surface area contributed by atoms with Gasteiger partial charge in [0, 0.05) is 18.7 Å². The van der Waals surface area contributed by atoms with Crippen LogP contribution >= 0.6 is 0 Å². The van der Waals surface area contributed by atoms with Crippen molar-refractivity contribution in [2.75, 3.05) is 37.9 Å². The second-order valence-corrected chi connectivity index (χ2v) is 6.94. The third-order valence-electron chi connectivity index (χ3n) is 4.91. The number of hydrogen-bond donors (Lipinski definition) is 1. The molecule has 0 saturated carbocycles. The lowest BCUT2D eigenvalue weighted by Crippen LogP contribution is -2.43. The van der Waals surface area contributed by atoms with E-state index in [9.17, 15) is 18.8 Å². The number of nitrogens with one attached hydrogen (secondary N) is 1. The maximum absolute atomic E-state index is 13.2. The van der Waals surface area contributed by atoms with Crippen molar-refractivity contribution in [3.05, 3.63) is 65.5 Å². The number of amides is 3. The number of carbonyl (C=O) groups is 3. The monoisotopic (exact) mass is 425 g/mol. The van der Waals surface area contributed by atoms with E-state index in [2.05, 4.69) is 5.43 Å². The summed E-state index contributed by atoms with van der Waals surface area (Å²) in [4.78, 5) is 39.2. The predicted molar refractivity (Wildman–Crippen MR) is 109 cm³/mol. The smallest absolute Gasteiger partial charge is 0.282 e. The number of carbonyl (C=O) groups excluding carboxylic acids is 3. The van der Waals surface area contributed by atoms with Crippen LogP contribution in [-0.2, 0) is 19.1 Å². The molecule has 2 aliphatic rings. The Kier molecular flexibility index (Phi) is 5.94. The predicted octanol–water partition coefficient (Wildman–Crippen LogP) is 1.52. The Balaban J connectivity index is 1.50. The first-order valence-corrected chi connectivity index (χ1v) is 9.73. The van der Waals surface area contributed by atoms with E-state index in [0.717, 1.165) is 5.01 Å². The normalized spacial score (nSPS) is 17.8. The van der Waals surface area contributed by atoms with Gasteiger partial charge >= 0.3 is 0 Å². The van der Waals surface area contributed by atoms with E-state index < -0.39 is 17.6 Å². The van der Waals surface area contributed by atoms with Gasteiger partial charge in [0.05, 0.1) is 18.9 Å². The number of hydrazine groups is 1. The molecule has 2 fully saturated rings. The van der Waals surface area contributed by atoms with Crippen molar-refractivity contribution in [3.63, 3.8) is 0 Å². The molecule has 4 rings (SSSR count). The lowest BCUT2D eigenvalue weighted by molar-refractivity contribution is -0.137. The molecule has 9 heteroatoms. The highest BCUT2D eigenvalue weighted by Crippen LogP contribution is 2.25. The van der Waals surface area contributed by atoms with Crippen LogP contribution in [0.2, 0.25) is 0 Å². The largest absolute Gasteiger partial charge is 0.483 e. The van der Waals surface area contributed by atoms with Gasteiger partial charge in [0.15, 0.2) is 6.61 Å². The summed E-state index contributed by atoms with van der Waals surface area (Å²) in [5, 5.41) is 1.05. The van der Waals surface area contributed by atoms with Gasteiger partial charge in [-0.3, -0.25) is 19.8 Å². The second kappa shape index (κ2) is 8.97. The summed E-state index contributed by atoms with van der Waals surface area (Å²) < 4.78 is 24.1. The van der Waals surface area contributed by atoms with E-state index >= 15 is 0 Å². The SMILES string of the molecule is O=C1NN(c2ccc(F)cc2)C(=O)C1=Cc1ccccc1OCC(=O)N1CCOCC1. The Bertz CT molecular complexity index is 1030. The molecule has 2 aromatic carbocycles. The topological polar surface area (TPSA) is 88.2 Å². The number of benzene rings is 2. The maximum atomic E-state index is 13.2. The number of anilines is 1. The van der Waals surface area contributed by atoms with Crippen molar-refractivity contribution < 1.29 is 28.2 Å². The zero-order valence-corrected chi connectivity index (χ0v) is 16.5. The Morgan fingerprint density at radius 1 is 1.10 bits per heavy atom. The Morgan fingerprint density at radius 2 is 1.81 bits per heavy atom. The summed E-state index contributed by atoms with van der Waals surface area (Å²) in [6.45, 7) is 1.86. The first kappa shape index (κ1) is 20.5. The summed E-state index contributed by atoms with van der Waals surface area (Å²) in [5.41, 5.74) is 3.19. The van der Waals surface area contributed by atoms with Crippen molar-refractivity contribution in [1.29, 1.82) is 0 Å². The lowest BCUT2D eigenvalue weighted by Gasteiger charge is -2.26. The van der Waals surface area contributed by atoms with Gasteiger partial charge in [-0.05, 0) is 36.4 Å². The van der Waals surface area contributed by atoms with Crippen LogP contribution in [0.5, 0.6) is 5.75 Å². The van der Waals surface area contributed by atoms with E-state index in [0.29, 0.717) is 43.3 Å². The van der Waals surface area contributed by atoms with Gasteiger partial charge in [-0.2, -0.15) is 0 Å². The third kappa shape index (κ3) is 4.56. The van der Waals surface area contributed by atoms with Crippen LogP contribution in [0.15, 0.2) is 54.1 Å². The van der Waals surface area contributed by atoms with Crippen LogP contribution in [0, 0.1) is 5.82 Å². The molecule has 31 heavy (non-hydrogen) atoms. The second-order valence-electron chi connectivity index (χ2n) is 6.94. The summed E-state index contributed by atoms with van der Waals surface area (Å²) in [7, 11) is 0. The van der Waals surface area contributed by atoms with Gasteiger partial charge in [-0.1, -0.05) is 18.2 Å². The fourth-order valence-electron chi connectivity index (χ4n) is 3.26. The van der Waals surface area contributed by atoms with E-state index in [4.69, 9.17) is 9.47 Å². The standard InChI is InChI=1S/C22H20FN3O5/c23-16-5-7-17(8-6-16)26-22(29)18(21(28)24-26)13-15-3-1-2-4-19(15)31-14-20(27)25-9-11-30-12-10-25/h1-8,13H,9-12,14H2,(H,24,28). The number of halogens is 1. The van der Waals surface area contributed by atoms with Gasteiger partial charge < -0.3 is 14.4 Å². The van der Waals surface area contributed by atoms with Crippen LogP contribution < -0.4 is 15.2 Å². The zero-order valence-electron chi connectivity index (χ0n) is 16.5. The fourth-order valence-corrected chi connectivity index (χ4v) is 3.26. The minimum Gasteiger partial charge on any atom is -0.483 e. The number of rotatable bonds is 5. The summed E-state index contributed by atoms with van der Waals surface area (Å²) in [6.07, 6.45) is 1.41. The highest BCUT2D eigenvalue weighted by atomic mass is 19.1. The summed E-state index contributed by atoms with van der Waals surface area (Å²) in [6, 6.07) is 12.0. The van der Waals surface area contributed by atoms with Crippen molar-refractivity contribution >= 4 is 29.5 Å². The Labute approximate surface area is 177 Å². The van der Waals surface area contributed by atoms with Gasteiger partial charge in [-0.15, -0.1) is 0 Å².